The molecule has 0 amide bonds. The van der Waals surface area contributed by atoms with E-state index in [0.717, 1.165) is 0 Å². The first kappa shape index (κ1) is 37.9. The topological polar surface area (TPSA) is 0 Å². The second kappa shape index (κ2) is 21.4. The first-order chi connectivity index (χ1) is 18.7. The van der Waals surface area contributed by atoms with Crippen molar-refractivity contribution in [1.29, 1.82) is 0 Å². The van der Waals surface area contributed by atoms with Crippen LogP contribution >= 0.6 is 35.2 Å². The molecular formula is C35H66Cl2P2Ru. The molecule has 238 valence electrons. The molecule has 0 bridgehead atoms. The maximum atomic E-state index is 5.36. The fourth-order valence-corrected chi connectivity index (χ4v) is 21.1. The molecule has 0 spiro atoms. The van der Waals surface area contributed by atoms with Gasteiger partial charge in [0, 0.05) is 15.8 Å². The Labute approximate surface area is 267 Å². The summed E-state index contributed by atoms with van der Waals surface area (Å²) in [5.41, 5.74) is 7.48. The molecule has 0 aliphatic heterocycles. The smallest absolute Gasteiger partial charge is 0.358 e. The molecule has 0 nitrogen and oxygen atoms in total. The minimum Gasteiger partial charge on any atom is -0.358 e. The third-order valence-corrected chi connectivity index (χ3v) is 22.2. The van der Waals surface area contributed by atoms with Gasteiger partial charge in [-0.15, -0.1) is 0 Å². The van der Waals surface area contributed by atoms with Crippen molar-refractivity contribution in [3.8, 4) is 0 Å². The van der Waals surface area contributed by atoms with Crippen LogP contribution in [0.4, 0.5) is 0 Å². The average Bonchev–Trinajstić information content (AvgIpc) is 3.75. The second-order valence-electron chi connectivity index (χ2n) is 13.4. The van der Waals surface area contributed by atoms with E-state index in [9.17, 15) is 0 Å². The monoisotopic (exact) mass is 720 g/mol. The van der Waals surface area contributed by atoms with Gasteiger partial charge in [0.15, 0.2) is 0 Å². The molecule has 0 heterocycles. The molecule has 0 aromatic heterocycles. The minimum absolute atomic E-state index is 0. The molecule has 0 aromatic rings. The van der Waals surface area contributed by atoms with Crippen molar-refractivity contribution < 1.29 is 13.5 Å². The zero-order chi connectivity index (χ0) is 26.6. The number of rotatable bonds is 7. The standard InChI is InChI=1S/2C15H27P.C3H4.2CH3.2ClH.Ru/c2*1-2-8-13(7-1)16(14-9-3-4-10-14)15-11-5-6-12-15;1-3-2;;;;;/h2*13-15H,1-12H2;1,3H,2H2;2*1H3;2*1H;/q;;;2*-1;;;+2. The molecule has 0 N–H and O–H groups in total. The van der Waals surface area contributed by atoms with Gasteiger partial charge in [-0.25, -0.2) is 0 Å². The Morgan fingerprint density at radius 1 is 0.425 bits per heavy atom. The molecule has 6 fully saturated rings. The molecular weight excluding hydrogens is 654 g/mol. The normalized spacial score (nSPS) is 25.4. The van der Waals surface area contributed by atoms with Gasteiger partial charge in [-0.2, -0.15) is 0 Å². The molecule has 0 atom stereocenters. The largest absolute Gasteiger partial charge is 0.358 e. The van der Waals surface area contributed by atoms with E-state index in [4.69, 9.17) is 19.4 Å². The van der Waals surface area contributed by atoms with Crippen LogP contribution in [-0.4, -0.2) is 38.6 Å². The molecule has 0 unspecified atom stereocenters. The van der Waals surface area contributed by atoms with E-state index < -0.39 is 13.5 Å². The van der Waals surface area contributed by atoms with Crippen molar-refractivity contribution in [1.82, 2.24) is 0 Å². The van der Waals surface area contributed by atoms with Gasteiger partial charge in [0.25, 0.3) is 0 Å². The SMILES string of the molecule is C1CCC([PH+](C2CCCC2)C2CCCC2)C1.C1CCC([PH+](C2CCCC2)C2CCCC2)C1.C=C[CH]=[Ru]([Cl])[Cl].[CH3-].[CH3-]. The molecule has 0 radical (unpaired) electrons. The molecule has 40 heavy (non-hydrogen) atoms. The van der Waals surface area contributed by atoms with Crippen LogP contribution in [0.15, 0.2) is 12.7 Å². The maximum Gasteiger partial charge on any atom is -0.358 e. The van der Waals surface area contributed by atoms with E-state index in [1.54, 1.807) is 165 Å². The van der Waals surface area contributed by atoms with Crippen molar-refractivity contribution >= 4 is 39.8 Å². The fourth-order valence-electron chi connectivity index (χ4n) is 9.62. The summed E-state index contributed by atoms with van der Waals surface area (Å²) in [6.07, 6.45) is 40.0. The summed E-state index contributed by atoms with van der Waals surface area (Å²) in [5, 5.41) is 0. The summed E-state index contributed by atoms with van der Waals surface area (Å²) in [6.45, 7) is 3.41. The second-order valence-corrected chi connectivity index (χ2v) is 26.1. The molecule has 5 heteroatoms. The van der Waals surface area contributed by atoms with Gasteiger partial charge in [-0.05, 0) is 154 Å². The predicted octanol–water partition coefficient (Wildman–Crippen LogP) is 12.9. The Hall–Kier alpha value is 1.67. The minimum atomic E-state index is -1.50. The Kier molecular flexibility index (Phi) is 20.3. The van der Waals surface area contributed by atoms with Crippen LogP contribution in [-0.2, 0) is 13.5 Å². The number of halogens is 2. The van der Waals surface area contributed by atoms with E-state index in [2.05, 4.69) is 6.58 Å². The van der Waals surface area contributed by atoms with Gasteiger partial charge in [0.2, 0.25) is 0 Å². The van der Waals surface area contributed by atoms with Gasteiger partial charge in [0.05, 0.1) is 34.0 Å². The Bertz CT molecular complexity index is 551. The van der Waals surface area contributed by atoms with Gasteiger partial charge in [-0.1, -0.05) is 0 Å². The molecule has 6 aliphatic carbocycles. The van der Waals surface area contributed by atoms with Crippen molar-refractivity contribution in [2.75, 3.05) is 0 Å². The average molecular weight is 721 g/mol. The summed E-state index contributed by atoms with van der Waals surface area (Å²) in [7, 11) is 10.8. The van der Waals surface area contributed by atoms with E-state index >= 15 is 0 Å². The maximum absolute atomic E-state index is 5.36. The Morgan fingerprint density at radius 2 is 0.600 bits per heavy atom. The van der Waals surface area contributed by atoms with Crippen molar-refractivity contribution in [2.45, 2.75) is 188 Å². The van der Waals surface area contributed by atoms with E-state index in [0.29, 0.717) is 0 Å². The van der Waals surface area contributed by atoms with Crippen molar-refractivity contribution in [3.63, 3.8) is 0 Å². The van der Waals surface area contributed by atoms with Crippen LogP contribution in [0.25, 0.3) is 0 Å². The summed E-state index contributed by atoms with van der Waals surface area (Å²) >= 11 is -1.50. The molecule has 0 saturated heterocycles. The van der Waals surface area contributed by atoms with Crippen LogP contribution in [0.1, 0.15) is 154 Å². The van der Waals surface area contributed by atoms with Crippen LogP contribution in [0.5, 0.6) is 0 Å². The molecule has 6 saturated carbocycles. The Morgan fingerprint density at radius 3 is 0.700 bits per heavy atom. The molecule has 6 rings (SSSR count). The number of allylic oxidation sites excluding steroid dienone is 1. The fraction of sp³-hybridized carbons (Fsp3) is 0.857. The van der Waals surface area contributed by atoms with Gasteiger partial charge in [0.1, 0.15) is 0 Å². The van der Waals surface area contributed by atoms with E-state index in [1.165, 1.54) is 34.0 Å². The summed E-state index contributed by atoms with van der Waals surface area (Å²) in [6, 6.07) is 0. The zero-order valence-corrected chi connectivity index (χ0v) is 31.7. The van der Waals surface area contributed by atoms with Crippen molar-refractivity contribution in [3.05, 3.63) is 27.5 Å². The summed E-state index contributed by atoms with van der Waals surface area (Å²) in [4.78, 5) is 0. The van der Waals surface area contributed by atoms with Crippen LogP contribution in [0.2, 0.25) is 0 Å². The summed E-state index contributed by atoms with van der Waals surface area (Å²) in [5.74, 6) is 0. The predicted molar refractivity (Wildman–Crippen MR) is 191 cm³/mol. The van der Waals surface area contributed by atoms with Crippen molar-refractivity contribution in [2.24, 2.45) is 0 Å². The first-order valence-corrected chi connectivity index (χ1v) is 25.8. The Balaban J connectivity index is 0.000000225. The van der Waals surface area contributed by atoms with Gasteiger partial charge >= 0.3 is 50.2 Å². The molecule has 0 aromatic carbocycles. The van der Waals surface area contributed by atoms with Crippen LogP contribution in [0.3, 0.4) is 0 Å². The summed E-state index contributed by atoms with van der Waals surface area (Å²) < 4.78 is 1.73. The van der Waals surface area contributed by atoms with Gasteiger partial charge in [-0.3, -0.25) is 0 Å². The van der Waals surface area contributed by atoms with Gasteiger partial charge < -0.3 is 14.9 Å². The van der Waals surface area contributed by atoms with E-state index in [-0.39, 0.29) is 30.7 Å². The van der Waals surface area contributed by atoms with Crippen LogP contribution < -0.4 is 0 Å². The van der Waals surface area contributed by atoms with E-state index in [1.807, 2.05) is 0 Å². The quantitative estimate of drug-likeness (QED) is 0.140. The first-order valence-electron chi connectivity index (χ1n) is 16.8. The third-order valence-electron chi connectivity index (χ3n) is 11.1. The van der Waals surface area contributed by atoms with Crippen LogP contribution in [0, 0.1) is 14.9 Å². The zero-order valence-electron chi connectivity index (χ0n) is 26.4. The number of hydrogen-bond acceptors (Lipinski definition) is 0. The number of hydrogen-bond donors (Lipinski definition) is 0. The third kappa shape index (κ3) is 11.9. The molecule has 6 aliphatic rings.